The van der Waals surface area contributed by atoms with Crippen molar-refractivity contribution in [3.8, 4) is 0 Å². The number of nitrogens with two attached hydrogens (primary N) is 1. The molecule has 9 heavy (non-hydrogen) atoms. The van der Waals surface area contributed by atoms with Gasteiger partial charge in [-0.25, -0.2) is 0 Å². The molecule has 0 spiro atoms. The van der Waals surface area contributed by atoms with Crippen molar-refractivity contribution < 1.29 is 5.11 Å². The molecule has 0 unspecified atom stereocenters. The van der Waals surface area contributed by atoms with Gasteiger partial charge in [0.1, 0.15) is 0 Å². The maximum absolute atomic E-state index is 9.04. The van der Waals surface area contributed by atoms with Gasteiger partial charge in [0, 0.05) is 0 Å². The Labute approximate surface area is 62.2 Å². The van der Waals surface area contributed by atoms with Crippen LogP contribution in [0.5, 0.6) is 0 Å². The molecule has 0 aliphatic carbocycles. The third-order valence-electron chi connectivity index (χ3n) is 0.753. The van der Waals surface area contributed by atoms with Crippen molar-refractivity contribution in [3.63, 3.8) is 0 Å². The second-order valence-electron chi connectivity index (χ2n) is 2.44. The van der Waals surface area contributed by atoms with E-state index in [1.165, 1.54) is 6.20 Å². The molecule has 0 heterocycles. The summed E-state index contributed by atoms with van der Waals surface area (Å²) >= 11 is 0. The summed E-state index contributed by atoms with van der Waals surface area (Å²) in [5.74, 6) is 0. The monoisotopic (exact) mass is 151 g/mol. The Morgan fingerprint density at radius 3 is 2.11 bits per heavy atom. The van der Waals surface area contributed by atoms with Crippen molar-refractivity contribution in [1.29, 1.82) is 0 Å². The molecule has 0 rings (SSSR count). The van der Waals surface area contributed by atoms with E-state index in [1.54, 1.807) is 19.9 Å². The van der Waals surface area contributed by atoms with Gasteiger partial charge in [0.2, 0.25) is 0 Å². The molecule has 0 aromatic carbocycles. The molecule has 3 heteroatoms. The van der Waals surface area contributed by atoms with Gasteiger partial charge in [-0.2, -0.15) is 0 Å². The fourth-order valence-electron chi connectivity index (χ4n) is 0.356. The highest BCUT2D eigenvalue weighted by Crippen LogP contribution is 2.06. The van der Waals surface area contributed by atoms with E-state index < -0.39 is 5.60 Å². The quantitative estimate of drug-likeness (QED) is 0.620. The fourth-order valence-corrected chi connectivity index (χ4v) is 0.356. The predicted molar refractivity (Wildman–Crippen MR) is 41.5 cm³/mol. The van der Waals surface area contributed by atoms with E-state index in [1.807, 2.05) is 0 Å². The highest BCUT2D eigenvalue weighted by atomic mass is 35.5. The zero-order valence-electron chi connectivity index (χ0n) is 5.79. The van der Waals surface area contributed by atoms with Gasteiger partial charge >= 0.3 is 0 Å². The van der Waals surface area contributed by atoms with Crippen LogP contribution in [0.25, 0.3) is 0 Å². The van der Waals surface area contributed by atoms with Gasteiger partial charge in [-0.3, -0.25) is 0 Å². The van der Waals surface area contributed by atoms with Crippen molar-refractivity contribution in [2.45, 2.75) is 25.9 Å². The Bertz CT molecular complexity index is 85.5. The van der Waals surface area contributed by atoms with Crippen molar-refractivity contribution in [3.05, 3.63) is 12.3 Å². The molecule has 0 aliphatic heterocycles. The molecule has 2 nitrogen and oxygen atoms in total. The molecule has 0 saturated carbocycles. The van der Waals surface area contributed by atoms with Gasteiger partial charge in [0.25, 0.3) is 0 Å². The molecule has 0 aromatic heterocycles. The van der Waals surface area contributed by atoms with Crippen LogP contribution in [-0.4, -0.2) is 10.7 Å². The third kappa shape index (κ3) is 11.4. The van der Waals surface area contributed by atoms with Crippen molar-refractivity contribution >= 4 is 12.4 Å². The van der Waals surface area contributed by atoms with E-state index in [4.69, 9.17) is 10.8 Å². The summed E-state index contributed by atoms with van der Waals surface area (Å²) in [6, 6.07) is 0. The van der Waals surface area contributed by atoms with Crippen LogP contribution < -0.4 is 5.73 Å². The molecular weight excluding hydrogens is 138 g/mol. The first kappa shape index (κ1) is 11.6. The van der Waals surface area contributed by atoms with Gasteiger partial charge in [-0.05, 0) is 26.5 Å². The minimum absolute atomic E-state index is 0. The van der Waals surface area contributed by atoms with Gasteiger partial charge in [-0.15, -0.1) is 12.4 Å². The van der Waals surface area contributed by atoms with E-state index in [9.17, 15) is 0 Å². The molecule has 0 radical (unpaired) electrons. The molecule has 3 N–H and O–H groups in total. The third-order valence-corrected chi connectivity index (χ3v) is 0.753. The Hall–Kier alpha value is -0.210. The largest absolute Gasteiger partial charge is 0.405 e. The van der Waals surface area contributed by atoms with Crippen LogP contribution in [0.1, 0.15) is 20.3 Å². The normalized spacial score (nSPS) is 11.4. The van der Waals surface area contributed by atoms with E-state index in [0.717, 1.165) is 0 Å². The topological polar surface area (TPSA) is 46.2 Å². The lowest BCUT2D eigenvalue weighted by Crippen LogP contribution is -2.16. The number of hydrogen-bond acceptors (Lipinski definition) is 2. The van der Waals surface area contributed by atoms with E-state index >= 15 is 0 Å². The molecule has 0 aromatic rings. The van der Waals surface area contributed by atoms with Crippen LogP contribution in [0.2, 0.25) is 0 Å². The van der Waals surface area contributed by atoms with E-state index in [-0.39, 0.29) is 12.4 Å². The smallest absolute Gasteiger partial charge is 0.0626 e. The van der Waals surface area contributed by atoms with Crippen molar-refractivity contribution in [1.82, 2.24) is 0 Å². The Balaban J connectivity index is 0. The lowest BCUT2D eigenvalue weighted by molar-refractivity contribution is 0.0838. The highest BCUT2D eigenvalue weighted by Gasteiger charge is 2.07. The summed E-state index contributed by atoms with van der Waals surface area (Å²) in [5, 5.41) is 9.04. The minimum Gasteiger partial charge on any atom is -0.405 e. The molecule has 0 saturated heterocycles. The first-order valence-corrected chi connectivity index (χ1v) is 2.65. The van der Waals surface area contributed by atoms with Gasteiger partial charge < -0.3 is 10.8 Å². The Morgan fingerprint density at radius 2 is 2.00 bits per heavy atom. The van der Waals surface area contributed by atoms with Gasteiger partial charge in [-0.1, -0.05) is 6.08 Å². The van der Waals surface area contributed by atoms with E-state index in [2.05, 4.69) is 0 Å². The number of hydrogen-bond donors (Lipinski definition) is 2. The lowest BCUT2D eigenvalue weighted by atomic mass is 10.1. The zero-order chi connectivity index (χ0) is 6.62. The van der Waals surface area contributed by atoms with Crippen LogP contribution in [0.3, 0.4) is 0 Å². The molecule has 0 amide bonds. The van der Waals surface area contributed by atoms with Crippen LogP contribution in [0.4, 0.5) is 0 Å². The summed E-state index contributed by atoms with van der Waals surface area (Å²) < 4.78 is 0. The summed E-state index contributed by atoms with van der Waals surface area (Å²) in [5.41, 5.74) is 4.43. The number of aliphatic hydroxyl groups is 1. The van der Waals surface area contributed by atoms with Crippen molar-refractivity contribution in [2.24, 2.45) is 5.73 Å². The van der Waals surface area contributed by atoms with Crippen LogP contribution in [0, 0.1) is 0 Å². The first-order chi connectivity index (χ1) is 3.56. The standard InChI is InChI=1S/C6H13NO.ClH/c1-6(2,8)4-3-5-7;/h3,5,8H,4,7H2,1-2H3;1H. The van der Waals surface area contributed by atoms with Gasteiger partial charge in [0.15, 0.2) is 0 Å². The molecule has 0 atom stereocenters. The number of halogens is 1. The second-order valence-corrected chi connectivity index (χ2v) is 2.44. The average Bonchev–Trinajstić information content (AvgIpc) is 1.59. The summed E-state index contributed by atoms with van der Waals surface area (Å²) in [6.07, 6.45) is 3.79. The van der Waals surface area contributed by atoms with Crippen LogP contribution >= 0.6 is 12.4 Å². The first-order valence-electron chi connectivity index (χ1n) is 2.65. The molecule has 0 fully saturated rings. The minimum atomic E-state index is -0.615. The molecule has 0 bridgehead atoms. The van der Waals surface area contributed by atoms with Gasteiger partial charge in [0.05, 0.1) is 5.60 Å². The Morgan fingerprint density at radius 1 is 1.56 bits per heavy atom. The summed E-state index contributed by atoms with van der Waals surface area (Å²) in [6.45, 7) is 3.49. The summed E-state index contributed by atoms with van der Waals surface area (Å²) in [4.78, 5) is 0. The van der Waals surface area contributed by atoms with Crippen molar-refractivity contribution in [2.75, 3.05) is 0 Å². The number of rotatable bonds is 2. The van der Waals surface area contributed by atoms with Crippen LogP contribution in [-0.2, 0) is 0 Å². The Kier molecular flexibility index (Phi) is 5.98. The van der Waals surface area contributed by atoms with Crippen LogP contribution in [0.15, 0.2) is 12.3 Å². The second kappa shape index (κ2) is 4.65. The predicted octanol–water partition coefficient (Wildman–Crippen LogP) is 1.04. The fraction of sp³-hybridized carbons (Fsp3) is 0.667. The highest BCUT2D eigenvalue weighted by molar-refractivity contribution is 5.85. The SMILES string of the molecule is CC(C)(O)CC=CN.Cl. The van der Waals surface area contributed by atoms with E-state index in [0.29, 0.717) is 6.42 Å². The zero-order valence-corrected chi connectivity index (χ0v) is 6.61. The molecule has 56 valence electrons. The average molecular weight is 152 g/mol. The summed E-state index contributed by atoms with van der Waals surface area (Å²) in [7, 11) is 0. The lowest BCUT2D eigenvalue weighted by Gasteiger charge is -2.12. The molecule has 0 aliphatic rings. The molecular formula is C6H14ClNO. The maximum atomic E-state index is 9.04. The maximum Gasteiger partial charge on any atom is 0.0626 e.